The summed E-state index contributed by atoms with van der Waals surface area (Å²) in [5, 5.41) is 17.3. The van der Waals surface area contributed by atoms with E-state index in [9.17, 15) is 14.7 Å². The summed E-state index contributed by atoms with van der Waals surface area (Å²) in [6, 6.07) is 12.9. The molecule has 2 aliphatic heterocycles. The lowest BCUT2D eigenvalue weighted by atomic mass is 9.79. The Morgan fingerprint density at radius 3 is 2.71 bits per heavy atom. The highest BCUT2D eigenvalue weighted by Crippen LogP contribution is 2.32. The fourth-order valence-electron chi connectivity index (χ4n) is 5.17. The summed E-state index contributed by atoms with van der Waals surface area (Å²) in [5.41, 5.74) is 6.12. The predicted octanol–water partition coefficient (Wildman–Crippen LogP) is 3.90. The first-order valence-corrected chi connectivity index (χ1v) is 12.9. The molecular formula is C28H33N7O3. The first-order chi connectivity index (χ1) is 18.3. The molecule has 198 valence electrons. The number of nitrogens with one attached hydrogen (secondary N) is 3. The number of nitrogens with zero attached hydrogens (tertiary/aromatic N) is 4. The van der Waals surface area contributed by atoms with E-state index in [2.05, 4.69) is 44.8 Å². The molecule has 10 heteroatoms. The van der Waals surface area contributed by atoms with E-state index < -0.39 is 12.0 Å². The fraction of sp³-hybridized carbons (Fsp3) is 0.357. The van der Waals surface area contributed by atoms with E-state index in [0.717, 1.165) is 41.6 Å². The van der Waals surface area contributed by atoms with E-state index in [4.69, 9.17) is 0 Å². The maximum atomic E-state index is 13.7. The number of amides is 2. The van der Waals surface area contributed by atoms with Crippen LogP contribution in [0.4, 0.5) is 22.1 Å². The molecule has 1 saturated heterocycles. The molecular weight excluding hydrogens is 482 g/mol. The van der Waals surface area contributed by atoms with E-state index in [0.29, 0.717) is 24.6 Å². The third kappa shape index (κ3) is 5.40. The molecule has 0 atom stereocenters. The van der Waals surface area contributed by atoms with Crippen molar-refractivity contribution in [2.24, 2.45) is 0 Å². The van der Waals surface area contributed by atoms with Gasteiger partial charge in [-0.2, -0.15) is 0 Å². The Labute approximate surface area is 222 Å². The third-order valence-electron chi connectivity index (χ3n) is 7.11. The number of aromatic nitrogens is 2. The monoisotopic (exact) mass is 515 g/mol. The van der Waals surface area contributed by atoms with Crippen LogP contribution in [0.25, 0.3) is 0 Å². The van der Waals surface area contributed by atoms with Crippen molar-refractivity contribution in [1.29, 1.82) is 0 Å². The van der Waals surface area contributed by atoms with Crippen LogP contribution >= 0.6 is 0 Å². The Morgan fingerprint density at radius 2 is 1.92 bits per heavy atom. The van der Waals surface area contributed by atoms with E-state index in [1.807, 2.05) is 24.3 Å². The number of hydrogen-bond donors (Lipinski definition) is 4. The molecule has 0 saturated carbocycles. The molecule has 38 heavy (non-hydrogen) atoms. The average molecular weight is 516 g/mol. The molecule has 5 rings (SSSR count). The zero-order valence-corrected chi connectivity index (χ0v) is 21.7. The van der Waals surface area contributed by atoms with Crippen molar-refractivity contribution in [1.82, 2.24) is 20.7 Å². The maximum Gasteiger partial charge on any atom is 0.424 e. The van der Waals surface area contributed by atoms with Crippen LogP contribution in [-0.2, 0) is 18.5 Å². The van der Waals surface area contributed by atoms with Crippen molar-refractivity contribution in [3.05, 3.63) is 77.1 Å². The normalized spacial score (nSPS) is 16.0. The molecule has 0 spiro atoms. The number of hydrazine groups is 1. The molecule has 3 aromatic rings. The van der Waals surface area contributed by atoms with Crippen molar-refractivity contribution in [2.45, 2.75) is 45.2 Å². The number of hydrogen-bond acceptors (Lipinski definition) is 7. The number of anilines is 3. The lowest BCUT2D eigenvalue weighted by Gasteiger charge is -2.34. The van der Waals surface area contributed by atoms with Crippen LogP contribution in [0.1, 0.15) is 53.7 Å². The quantitative estimate of drug-likeness (QED) is 0.365. The second-order valence-corrected chi connectivity index (χ2v) is 10.4. The Bertz CT molecular complexity index is 1340. The summed E-state index contributed by atoms with van der Waals surface area (Å²) in [6.07, 6.45) is 4.40. The zero-order valence-electron chi connectivity index (χ0n) is 21.7. The standard InChI is InChI=1S/C28H33N7O3/c1-28(2)18-29-17-20-15-21(7-8-23(20)28)35(33-27(37)38)26(36)22-6-5-10-31-25(22)32-16-19-9-11-30-24(14-19)34-12-3-4-13-34/h5-11,14-15,29,33H,3-4,12-13,16-18H2,1-2H3,(H,31,32)(H,37,38). The summed E-state index contributed by atoms with van der Waals surface area (Å²) in [5.74, 6) is 0.787. The van der Waals surface area contributed by atoms with Crippen LogP contribution in [0, 0.1) is 0 Å². The van der Waals surface area contributed by atoms with Crippen LogP contribution in [0.15, 0.2) is 54.9 Å². The topological polar surface area (TPSA) is 123 Å². The summed E-state index contributed by atoms with van der Waals surface area (Å²) in [6.45, 7) is 8.24. The number of rotatable bonds is 6. The summed E-state index contributed by atoms with van der Waals surface area (Å²) < 4.78 is 0. The van der Waals surface area contributed by atoms with Gasteiger partial charge in [0.15, 0.2) is 0 Å². The van der Waals surface area contributed by atoms with Crippen LogP contribution in [0.2, 0.25) is 0 Å². The highest BCUT2D eigenvalue weighted by Gasteiger charge is 2.29. The lowest BCUT2D eigenvalue weighted by Crippen LogP contribution is -2.46. The van der Waals surface area contributed by atoms with Gasteiger partial charge < -0.3 is 20.6 Å². The molecule has 1 fully saturated rings. The molecule has 4 heterocycles. The average Bonchev–Trinajstić information content (AvgIpc) is 3.45. The minimum atomic E-state index is -1.33. The summed E-state index contributed by atoms with van der Waals surface area (Å²) in [7, 11) is 0. The first kappa shape index (κ1) is 25.5. The highest BCUT2D eigenvalue weighted by atomic mass is 16.4. The van der Waals surface area contributed by atoms with Gasteiger partial charge in [-0.15, -0.1) is 0 Å². The molecule has 2 aromatic heterocycles. The Kier molecular flexibility index (Phi) is 7.15. The van der Waals surface area contributed by atoms with Gasteiger partial charge in [0.2, 0.25) is 0 Å². The molecule has 0 unspecified atom stereocenters. The van der Waals surface area contributed by atoms with Gasteiger partial charge in [0, 0.05) is 50.5 Å². The Morgan fingerprint density at radius 1 is 1.11 bits per heavy atom. The van der Waals surface area contributed by atoms with Crippen molar-refractivity contribution in [3.63, 3.8) is 0 Å². The molecule has 1 aromatic carbocycles. The van der Waals surface area contributed by atoms with Crippen molar-refractivity contribution in [3.8, 4) is 0 Å². The highest BCUT2D eigenvalue weighted by molar-refractivity contribution is 6.09. The van der Waals surface area contributed by atoms with E-state index >= 15 is 0 Å². The number of carboxylic acid groups (broad SMARTS) is 1. The second-order valence-electron chi connectivity index (χ2n) is 10.4. The van der Waals surface area contributed by atoms with Gasteiger partial charge in [0.1, 0.15) is 11.6 Å². The van der Waals surface area contributed by atoms with Gasteiger partial charge in [0.25, 0.3) is 5.91 Å². The van der Waals surface area contributed by atoms with Crippen molar-refractivity contribution < 1.29 is 14.7 Å². The third-order valence-corrected chi connectivity index (χ3v) is 7.11. The molecule has 0 aliphatic carbocycles. The molecule has 2 amide bonds. The minimum Gasteiger partial charge on any atom is -0.464 e. The lowest BCUT2D eigenvalue weighted by molar-refractivity contribution is 0.0969. The Balaban J connectivity index is 1.39. The van der Waals surface area contributed by atoms with E-state index in [1.54, 1.807) is 30.6 Å². The van der Waals surface area contributed by atoms with Crippen LogP contribution in [0.5, 0.6) is 0 Å². The van der Waals surface area contributed by atoms with E-state index in [1.165, 1.54) is 18.4 Å². The van der Waals surface area contributed by atoms with E-state index in [-0.39, 0.29) is 11.0 Å². The van der Waals surface area contributed by atoms with Crippen LogP contribution < -0.4 is 26.0 Å². The largest absolute Gasteiger partial charge is 0.464 e. The van der Waals surface area contributed by atoms with Crippen molar-refractivity contribution in [2.75, 3.05) is 34.9 Å². The smallest absolute Gasteiger partial charge is 0.424 e. The van der Waals surface area contributed by atoms with Gasteiger partial charge >= 0.3 is 6.09 Å². The number of benzene rings is 1. The summed E-state index contributed by atoms with van der Waals surface area (Å²) in [4.78, 5) is 36.6. The SMILES string of the molecule is CC1(C)CNCc2cc(N(NC(=O)O)C(=O)c3cccnc3NCc3ccnc(N4CCCC4)c3)ccc21. The fourth-order valence-corrected chi connectivity index (χ4v) is 5.17. The summed E-state index contributed by atoms with van der Waals surface area (Å²) >= 11 is 0. The van der Waals surface area contributed by atoms with Gasteiger partial charge in [-0.05, 0) is 65.9 Å². The number of pyridine rings is 2. The molecule has 4 N–H and O–H groups in total. The van der Waals surface area contributed by atoms with Gasteiger partial charge in [0.05, 0.1) is 11.3 Å². The minimum absolute atomic E-state index is 0.0663. The van der Waals surface area contributed by atoms with Gasteiger partial charge in [-0.25, -0.2) is 25.2 Å². The maximum absolute atomic E-state index is 13.7. The Hall–Kier alpha value is -4.18. The predicted molar refractivity (Wildman–Crippen MR) is 146 cm³/mol. The van der Waals surface area contributed by atoms with Crippen LogP contribution in [0.3, 0.4) is 0 Å². The van der Waals surface area contributed by atoms with Gasteiger partial charge in [-0.3, -0.25) is 4.79 Å². The van der Waals surface area contributed by atoms with Crippen molar-refractivity contribution >= 4 is 29.3 Å². The second kappa shape index (κ2) is 10.7. The molecule has 2 aliphatic rings. The number of fused-ring (bicyclic) bond motifs is 1. The molecule has 10 nitrogen and oxygen atoms in total. The van der Waals surface area contributed by atoms with Crippen LogP contribution in [-0.4, -0.2) is 46.7 Å². The number of carbonyl (C=O) groups excluding carboxylic acids is 1. The van der Waals surface area contributed by atoms with Gasteiger partial charge in [-0.1, -0.05) is 19.9 Å². The molecule has 0 bridgehead atoms. The first-order valence-electron chi connectivity index (χ1n) is 12.9. The number of carbonyl (C=O) groups is 2. The molecule has 0 radical (unpaired) electrons. The zero-order chi connectivity index (χ0) is 26.7.